The van der Waals surface area contributed by atoms with Crippen LogP contribution in [-0.4, -0.2) is 33.2 Å². The number of amides is 1. The van der Waals surface area contributed by atoms with Crippen molar-refractivity contribution in [3.63, 3.8) is 0 Å². The summed E-state index contributed by atoms with van der Waals surface area (Å²) in [6.07, 6.45) is 0. The lowest BCUT2D eigenvalue weighted by Gasteiger charge is -2.07. The van der Waals surface area contributed by atoms with E-state index in [1.807, 2.05) is 24.3 Å². The van der Waals surface area contributed by atoms with Crippen LogP contribution < -0.4 is 10.1 Å². The van der Waals surface area contributed by atoms with Crippen molar-refractivity contribution >= 4 is 17.5 Å². The molecule has 0 bridgehead atoms. The molecular weight excluding hydrogens is 330 g/mol. The van der Waals surface area contributed by atoms with Gasteiger partial charge in [-0.2, -0.15) is 4.68 Å². The molecule has 0 aliphatic rings. The zero-order valence-electron chi connectivity index (χ0n) is 12.8. The number of carbonyl (C=O) groups excluding carboxylic acids is 1. The van der Waals surface area contributed by atoms with Gasteiger partial charge in [0.2, 0.25) is 0 Å². The Morgan fingerprint density at radius 1 is 1.17 bits per heavy atom. The minimum absolute atomic E-state index is 0.195. The second-order valence-electron chi connectivity index (χ2n) is 4.89. The van der Waals surface area contributed by atoms with Gasteiger partial charge >= 0.3 is 0 Å². The van der Waals surface area contributed by atoms with Crippen LogP contribution in [0.4, 0.5) is 0 Å². The van der Waals surface area contributed by atoms with Gasteiger partial charge in [0.1, 0.15) is 5.75 Å². The number of carbonyl (C=O) groups is 1. The summed E-state index contributed by atoms with van der Waals surface area (Å²) in [4.78, 5) is 12.1. The molecule has 2 aromatic carbocycles. The zero-order valence-corrected chi connectivity index (χ0v) is 13.6. The second kappa shape index (κ2) is 7.10. The Morgan fingerprint density at radius 2 is 1.88 bits per heavy atom. The number of ether oxygens (including phenoxy) is 1. The summed E-state index contributed by atoms with van der Waals surface area (Å²) < 4.78 is 6.68. The number of hydrogen-bond donors (Lipinski definition) is 1. The summed E-state index contributed by atoms with van der Waals surface area (Å²) in [5.74, 6) is 1.03. The number of nitrogens with zero attached hydrogens (tertiary/aromatic N) is 4. The largest absolute Gasteiger partial charge is 0.497 e. The molecule has 3 rings (SSSR count). The van der Waals surface area contributed by atoms with E-state index in [0.717, 1.165) is 11.4 Å². The molecule has 0 aliphatic heterocycles. The summed E-state index contributed by atoms with van der Waals surface area (Å²) in [5.41, 5.74) is 1.29. The fourth-order valence-electron chi connectivity index (χ4n) is 2.10. The van der Waals surface area contributed by atoms with Crippen LogP contribution in [0.3, 0.4) is 0 Å². The van der Waals surface area contributed by atoms with Crippen LogP contribution in [0.15, 0.2) is 48.5 Å². The minimum Gasteiger partial charge on any atom is -0.497 e. The Labute approximate surface area is 143 Å². The van der Waals surface area contributed by atoms with Crippen molar-refractivity contribution < 1.29 is 9.53 Å². The Morgan fingerprint density at radius 3 is 2.54 bits per heavy atom. The Balaban J connectivity index is 1.71. The first-order valence-corrected chi connectivity index (χ1v) is 7.50. The summed E-state index contributed by atoms with van der Waals surface area (Å²) in [5, 5.41) is 14.9. The van der Waals surface area contributed by atoms with Crippen molar-refractivity contribution in [2.75, 3.05) is 7.11 Å². The first-order valence-electron chi connectivity index (χ1n) is 7.13. The van der Waals surface area contributed by atoms with E-state index in [4.69, 9.17) is 16.3 Å². The second-order valence-corrected chi connectivity index (χ2v) is 5.33. The van der Waals surface area contributed by atoms with Crippen LogP contribution >= 0.6 is 11.6 Å². The molecule has 0 spiro atoms. The molecule has 1 N–H and O–H groups in total. The highest BCUT2D eigenvalue weighted by Gasteiger charge is 2.11. The van der Waals surface area contributed by atoms with Gasteiger partial charge in [-0.1, -0.05) is 11.6 Å². The Bertz CT molecular complexity index is 830. The number of hydrogen-bond acceptors (Lipinski definition) is 5. The number of methoxy groups -OCH3 is 1. The van der Waals surface area contributed by atoms with Crippen molar-refractivity contribution in [2.24, 2.45) is 0 Å². The molecule has 0 saturated heterocycles. The lowest BCUT2D eigenvalue weighted by Crippen LogP contribution is -2.24. The van der Waals surface area contributed by atoms with E-state index < -0.39 is 0 Å². The normalized spacial score (nSPS) is 10.4. The smallest absolute Gasteiger partial charge is 0.251 e. The van der Waals surface area contributed by atoms with E-state index >= 15 is 0 Å². The van der Waals surface area contributed by atoms with E-state index in [0.29, 0.717) is 16.4 Å². The van der Waals surface area contributed by atoms with Gasteiger partial charge in [-0.05, 0) is 59.0 Å². The number of benzene rings is 2. The molecule has 0 atom stereocenters. The number of rotatable bonds is 5. The van der Waals surface area contributed by atoms with Gasteiger partial charge in [0.15, 0.2) is 5.82 Å². The zero-order chi connectivity index (χ0) is 16.9. The summed E-state index contributed by atoms with van der Waals surface area (Å²) in [7, 11) is 1.60. The lowest BCUT2D eigenvalue weighted by atomic mass is 10.2. The molecule has 1 heterocycles. The van der Waals surface area contributed by atoms with Crippen LogP contribution in [0.1, 0.15) is 16.2 Å². The number of tetrazole rings is 1. The number of halogens is 1. The third-order valence-corrected chi connectivity index (χ3v) is 3.62. The number of aromatic nitrogens is 4. The first-order chi connectivity index (χ1) is 11.7. The molecule has 24 heavy (non-hydrogen) atoms. The van der Waals surface area contributed by atoms with Gasteiger partial charge in [0.25, 0.3) is 5.91 Å². The van der Waals surface area contributed by atoms with E-state index in [2.05, 4.69) is 20.8 Å². The molecule has 122 valence electrons. The molecule has 0 unspecified atom stereocenters. The summed E-state index contributed by atoms with van der Waals surface area (Å²) >= 11 is 5.81. The van der Waals surface area contributed by atoms with Crippen molar-refractivity contribution in [3.05, 3.63) is 64.9 Å². The van der Waals surface area contributed by atoms with E-state index in [-0.39, 0.29) is 12.5 Å². The van der Waals surface area contributed by atoms with E-state index in [1.165, 1.54) is 0 Å². The quantitative estimate of drug-likeness (QED) is 0.768. The maximum absolute atomic E-state index is 12.1. The van der Waals surface area contributed by atoms with Crippen LogP contribution in [0, 0.1) is 0 Å². The van der Waals surface area contributed by atoms with E-state index in [9.17, 15) is 4.79 Å². The third-order valence-electron chi connectivity index (χ3n) is 3.36. The lowest BCUT2D eigenvalue weighted by molar-refractivity contribution is 0.0949. The van der Waals surface area contributed by atoms with Gasteiger partial charge in [-0.15, -0.1) is 5.10 Å². The average Bonchev–Trinajstić information content (AvgIpc) is 3.09. The SMILES string of the molecule is COc1ccc(-n2nnnc2CNC(=O)c2ccc(Cl)cc2)cc1. The maximum atomic E-state index is 12.1. The average molecular weight is 344 g/mol. The van der Waals surface area contributed by atoms with Gasteiger partial charge in [0.05, 0.1) is 19.3 Å². The molecule has 7 nitrogen and oxygen atoms in total. The minimum atomic E-state index is -0.226. The van der Waals surface area contributed by atoms with Crippen molar-refractivity contribution in [2.45, 2.75) is 6.54 Å². The molecule has 1 aromatic heterocycles. The predicted octanol–water partition coefficient (Wildman–Crippen LogP) is 2.25. The van der Waals surface area contributed by atoms with Gasteiger partial charge in [-0.25, -0.2) is 0 Å². The fraction of sp³-hybridized carbons (Fsp3) is 0.125. The predicted molar refractivity (Wildman–Crippen MR) is 88.3 cm³/mol. The Hall–Kier alpha value is -2.93. The maximum Gasteiger partial charge on any atom is 0.251 e. The molecule has 0 aliphatic carbocycles. The molecular formula is C16H14ClN5O2. The van der Waals surface area contributed by atoms with Crippen LogP contribution in [0.5, 0.6) is 5.75 Å². The van der Waals surface area contributed by atoms with Crippen LogP contribution in [0.25, 0.3) is 5.69 Å². The molecule has 8 heteroatoms. The highest BCUT2D eigenvalue weighted by Crippen LogP contribution is 2.15. The van der Waals surface area contributed by atoms with Crippen LogP contribution in [0.2, 0.25) is 5.02 Å². The highest BCUT2D eigenvalue weighted by atomic mass is 35.5. The van der Waals surface area contributed by atoms with Gasteiger partial charge in [-0.3, -0.25) is 4.79 Å². The monoisotopic (exact) mass is 343 g/mol. The van der Waals surface area contributed by atoms with Crippen molar-refractivity contribution in [1.29, 1.82) is 0 Å². The standard InChI is InChI=1S/C16H14ClN5O2/c1-24-14-8-6-13(7-9-14)22-15(19-20-21-22)10-18-16(23)11-2-4-12(17)5-3-11/h2-9H,10H2,1H3,(H,18,23). The molecule has 0 radical (unpaired) electrons. The highest BCUT2D eigenvalue weighted by molar-refractivity contribution is 6.30. The molecule has 3 aromatic rings. The van der Waals surface area contributed by atoms with Crippen molar-refractivity contribution in [1.82, 2.24) is 25.5 Å². The fourth-order valence-corrected chi connectivity index (χ4v) is 2.23. The Kier molecular flexibility index (Phi) is 4.72. The van der Waals surface area contributed by atoms with Gasteiger partial charge in [0, 0.05) is 10.6 Å². The van der Waals surface area contributed by atoms with Crippen molar-refractivity contribution in [3.8, 4) is 11.4 Å². The molecule has 0 fully saturated rings. The number of nitrogens with one attached hydrogen (secondary N) is 1. The first kappa shape index (κ1) is 15.9. The molecule has 0 saturated carbocycles. The molecule has 1 amide bonds. The third kappa shape index (κ3) is 3.52. The summed E-state index contributed by atoms with van der Waals surface area (Å²) in [6.45, 7) is 0.195. The van der Waals surface area contributed by atoms with E-state index in [1.54, 1.807) is 36.1 Å². The topological polar surface area (TPSA) is 81.9 Å². The van der Waals surface area contributed by atoms with Gasteiger partial charge < -0.3 is 10.1 Å². The summed E-state index contributed by atoms with van der Waals surface area (Å²) in [6, 6.07) is 13.9. The van der Waals surface area contributed by atoms with Crippen LogP contribution in [-0.2, 0) is 6.54 Å².